The lowest BCUT2D eigenvalue weighted by molar-refractivity contribution is 0.0552. The molecule has 5 nitrogen and oxygen atoms in total. The van der Waals surface area contributed by atoms with Gasteiger partial charge in [0.15, 0.2) is 0 Å². The van der Waals surface area contributed by atoms with E-state index >= 15 is 0 Å². The van der Waals surface area contributed by atoms with Gasteiger partial charge in [-0.05, 0) is 0 Å². The molecule has 0 aliphatic heterocycles. The van der Waals surface area contributed by atoms with Crippen molar-refractivity contribution in [3.8, 4) is 0 Å². The lowest BCUT2D eigenvalue weighted by atomic mass is 10.3. The van der Waals surface area contributed by atoms with Gasteiger partial charge < -0.3 is 24.5 Å². The van der Waals surface area contributed by atoms with Gasteiger partial charge in [0.2, 0.25) is 0 Å². The molecule has 0 unspecified atom stereocenters. The predicted molar refractivity (Wildman–Crippen MR) is 33.9 cm³/mol. The van der Waals surface area contributed by atoms with Gasteiger partial charge in [-0.2, -0.15) is 0 Å². The number of hydrogen-bond acceptors (Lipinski definition) is 5. The van der Waals surface area contributed by atoms with Crippen LogP contribution in [0.15, 0.2) is 0 Å². The van der Waals surface area contributed by atoms with Crippen LogP contribution < -0.4 is 0 Å². The molecule has 0 fully saturated rings. The fourth-order valence-electron chi connectivity index (χ4n) is 0.356. The van der Waals surface area contributed by atoms with Gasteiger partial charge in [-0.25, -0.2) is 0 Å². The minimum absolute atomic E-state index is 0.0651. The Bertz CT molecular complexity index is 63.9. The summed E-state index contributed by atoms with van der Waals surface area (Å²) < 4.78 is 8.59. The van der Waals surface area contributed by atoms with E-state index in [1.165, 1.54) is 0 Å². The molecular formula is C3H8B2O5. The molecule has 56 valence electrons. The van der Waals surface area contributed by atoms with Crippen molar-refractivity contribution < 1.29 is 24.5 Å². The average molecular weight is 146 g/mol. The van der Waals surface area contributed by atoms with E-state index < -0.39 is 6.10 Å². The minimum atomic E-state index is -0.855. The minimum Gasteiger partial charge on any atom is -0.429 e. The van der Waals surface area contributed by atoms with Gasteiger partial charge in [0.25, 0.3) is 0 Å². The zero-order chi connectivity index (χ0) is 7.82. The van der Waals surface area contributed by atoms with E-state index in [2.05, 4.69) is 9.31 Å². The van der Waals surface area contributed by atoms with Crippen LogP contribution in [-0.2, 0) is 9.31 Å². The van der Waals surface area contributed by atoms with Gasteiger partial charge in [-0.1, -0.05) is 0 Å². The van der Waals surface area contributed by atoms with Crippen molar-refractivity contribution in [3.05, 3.63) is 0 Å². The van der Waals surface area contributed by atoms with Crippen molar-refractivity contribution in [2.45, 2.75) is 6.10 Å². The highest BCUT2D eigenvalue weighted by molar-refractivity contribution is 6.16. The van der Waals surface area contributed by atoms with Crippen LogP contribution in [0.4, 0.5) is 0 Å². The third-order valence-electron chi connectivity index (χ3n) is 0.726. The van der Waals surface area contributed by atoms with Gasteiger partial charge >= 0.3 is 15.4 Å². The molecule has 0 amide bonds. The van der Waals surface area contributed by atoms with Crippen LogP contribution in [-0.4, -0.2) is 49.8 Å². The average Bonchev–Trinajstić information content (AvgIpc) is 1.97. The lowest BCUT2D eigenvalue weighted by Crippen LogP contribution is -2.23. The normalized spacial score (nSPS) is 10.0. The fourth-order valence-corrected chi connectivity index (χ4v) is 0.356. The van der Waals surface area contributed by atoms with Crippen LogP contribution in [0.1, 0.15) is 0 Å². The monoisotopic (exact) mass is 146 g/mol. The molecule has 0 aromatic rings. The highest BCUT2D eigenvalue weighted by Gasteiger charge is 2.03. The van der Waals surface area contributed by atoms with Crippen molar-refractivity contribution >= 4 is 15.4 Å². The van der Waals surface area contributed by atoms with Gasteiger partial charge in [0, 0.05) is 0 Å². The maximum atomic E-state index is 8.80. The zero-order valence-electron chi connectivity index (χ0n) is 5.30. The summed E-state index contributed by atoms with van der Waals surface area (Å²) in [5, 5.41) is 24.8. The van der Waals surface area contributed by atoms with Gasteiger partial charge in [-0.15, -0.1) is 0 Å². The topological polar surface area (TPSA) is 79.2 Å². The number of hydrogen-bond donors (Lipinski definition) is 3. The molecule has 2 radical (unpaired) electrons. The van der Waals surface area contributed by atoms with Gasteiger partial charge in [0.05, 0.1) is 19.3 Å². The SMILES string of the molecule is O[B]OCC(O)CO[B]O. The molecule has 0 spiro atoms. The van der Waals surface area contributed by atoms with Crippen LogP contribution in [0.2, 0.25) is 0 Å². The first-order chi connectivity index (χ1) is 4.81. The van der Waals surface area contributed by atoms with E-state index in [1.807, 2.05) is 0 Å². The zero-order valence-corrected chi connectivity index (χ0v) is 5.30. The van der Waals surface area contributed by atoms with Crippen molar-refractivity contribution in [1.29, 1.82) is 0 Å². The van der Waals surface area contributed by atoms with E-state index in [0.29, 0.717) is 15.4 Å². The molecule has 10 heavy (non-hydrogen) atoms. The summed E-state index contributed by atoms with van der Waals surface area (Å²) in [7, 11) is 0.956. The molecular weight excluding hydrogens is 138 g/mol. The number of aliphatic hydroxyl groups is 1. The van der Waals surface area contributed by atoms with Gasteiger partial charge in [0.1, 0.15) is 0 Å². The summed E-state index contributed by atoms with van der Waals surface area (Å²) in [4.78, 5) is 0. The molecule has 0 bridgehead atoms. The van der Waals surface area contributed by atoms with E-state index in [1.54, 1.807) is 0 Å². The highest BCUT2D eigenvalue weighted by Crippen LogP contribution is 1.84. The van der Waals surface area contributed by atoms with E-state index in [9.17, 15) is 0 Å². The van der Waals surface area contributed by atoms with Crippen LogP contribution in [0.5, 0.6) is 0 Å². The molecule has 0 aliphatic rings. The summed E-state index contributed by atoms with van der Waals surface area (Å²) >= 11 is 0. The summed E-state index contributed by atoms with van der Waals surface area (Å²) in [5.74, 6) is 0. The van der Waals surface area contributed by atoms with Crippen molar-refractivity contribution in [2.24, 2.45) is 0 Å². The van der Waals surface area contributed by atoms with Crippen LogP contribution >= 0.6 is 0 Å². The molecule has 0 atom stereocenters. The van der Waals surface area contributed by atoms with Gasteiger partial charge in [-0.3, -0.25) is 0 Å². The molecule has 0 aromatic heterocycles. The van der Waals surface area contributed by atoms with Crippen LogP contribution in [0, 0.1) is 0 Å². The number of rotatable bonds is 6. The smallest absolute Gasteiger partial charge is 0.429 e. The van der Waals surface area contributed by atoms with E-state index in [0.717, 1.165) is 0 Å². The summed E-state index contributed by atoms with van der Waals surface area (Å²) in [6, 6.07) is 0. The molecule has 7 heteroatoms. The second-order valence-electron chi connectivity index (χ2n) is 1.53. The maximum Gasteiger partial charge on any atom is 0.485 e. The van der Waals surface area contributed by atoms with Crippen molar-refractivity contribution in [1.82, 2.24) is 0 Å². The largest absolute Gasteiger partial charge is 0.485 e. The lowest BCUT2D eigenvalue weighted by Gasteiger charge is -2.07. The second-order valence-corrected chi connectivity index (χ2v) is 1.53. The maximum absolute atomic E-state index is 8.80. The quantitative estimate of drug-likeness (QED) is 0.359. The Balaban J connectivity index is 3.00. The fraction of sp³-hybridized carbons (Fsp3) is 1.00. The first kappa shape index (κ1) is 9.93. The second kappa shape index (κ2) is 7.04. The highest BCUT2D eigenvalue weighted by atomic mass is 16.5. The standard InChI is InChI=1S/C3H8B2O5/c6-3(1-9-4-7)2-10-5-8/h3,6-8H,1-2H2. The van der Waals surface area contributed by atoms with E-state index in [4.69, 9.17) is 15.2 Å². The molecule has 3 N–H and O–H groups in total. The van der Waals surface area contributed by atoms with Crippen molar-refractivity contribution in [3.63, 3.8) is 0 Å². The Kier molecular flexibility index (Phi) is 6.99. The van der Waals surface area contributed by atoms with Crippen LogP contribution in [0.3, 0.4) is 0 Å². The summed E-state index contributed by atoms with van der Waals surface area (Å²) in [6.07, 6.45) is -0.855. The molecule has 0 aromatic carbocycles. The third kappa shape index (κ3) is 6.06. The molecule has 0 saturated carbocycles. The Morgan fingerprint density at radius 1 is 1.10 bits per heavy atom. The Morgan fingerprint density at radius 3 is 1.80 bits per heavy atom. The Morgan fingerprint density at radius 2 is 1.50 bits per heavy atom. The number of aliphatic hydroxyl groups excluding tert-OH is 1. The first-order valence-electron chi connectivity index (χ1n) is 2.64. The molecule has 0 aliphatic carbocycles. The Labute approximate surface area is 60.2 Å². The summed E-state index contributed by atoms with van der Waals surface area (Å²) in [6.45, 7) is -0.130. The molecule has 0 saturated heterocycles. The Hall–Kier alpha value is -0.0701. The molecule has 0 heterocycles. The predicted octanol–water partition coefficient (Wildman–Crippen LogP) is -2.57. The molecule has 0 rings (SSSR count). The van der Waals surface area contributed by atoms with Crippen molar-refractivity contribution in [2.75, 3.05) is 13.2 Å². The van der Waals surface area contributed by atoms with Crippen LogP contribution in [0.25, 0.3) is 0 Å². The third-order valence-corrected chi connectivity index (χ3v) is 0.726. The van der Waals surface area contributed by atoms with E-state index in [-0.39, 0.29) is 13.2 Å². The first-order valence-corrected chi connectivity index (χ1v) is 2.64. The summed E-state index contributed by atoms with van der Waals surface area (Å²) in [5.41, 5.74) is 0.